The van der Waals surface area contributed by atoms with Gasteiger partial charge in [0.15, 0.2) is 5.15 Å². The van der Waals surface area contributed by atoms with Crippen molar-refractivity contribution in [2.24, 2.45) is 0 Å². The second-order valence-electron chi connectivity index (χ2n) is 8.08. The van der Waals surface area contributed by atoms with E-state index in [0.29, 0.717) is 17.4 Å². The van der Waals surface area contributed by atoms with E-state index in [2.05, 4.69) is 15.3 Å². The number of alkyl halides is 3. The molecular formula is C20H23ClF3N5O3S. The van der Waals surface area contributed by atoms with Crippen LogP contribution in [0.25, 0.3) is 21.9 Å². The normalized spacial score (nSPS) is 12.7. The van der Waals surface area contributed by atoms with Crippen molar-refractivity contribution in [1.29, 1.82) is 0 Å². The van der Waals surface area contributed by atoms with Crippen molar-refractivity contribution in [2.45, 2.75) is 25.7 Å². The lowest BCUT2D eigenvalue weighted by atomic mass is 10.1. The van der Waals surface area contributed by atoms with Crippen LogP contribution in [0.2, 0.25) is 5.15 Å². The molecule has 1 N–H and O–H groups in total. The Morgan fingerprint density at radius 1 is 1.24 bits per heavy atom. The number of halogens is 4. The van der Waals surface area contributed by atoms with Gasteiger partial charge < -0.3 is 14.8 Å². The van der Waals surface area contributed by atoms with E-state index in [1.807, 2.05) is 19.0 Å². The maximum absolute atomic E-state index is 13.3. The van der Waals surface area contributed by atoms with Crippen molar-refractivity contribution in [3.05, 3.63) is 34.7 Å². The molecule has 0 fully saturated rings. The Balaban J connectivity index is 2.05. The second-order valence-corrected chi connectivity index (χ2v) is 10.7. The number of carbonyl (C=O) groups excluding carboxylic acids is 1. The highest BCUT2D eigenvalue weighted by Crippen LogP contribution is 2.34. The van der Waals surface area contributed by atoms with Gasteiger partial charge in [0.25, 0.3) is 0 Å². The average molecular weight is 506 g/mol. The Labute approximate surface area is 193 Å². The van der Waals surface area contributed by atoms with Crippen molar-refractivity contribution in [3.8, 4) is 0 Å². The van der Waals surface area contributed by atoms with Crippen molar-refractivity contribution in [2.75, 3.05) is 32.6 Å². The fourth-order valence-corrected chi connectivity index (χ4v) is 4.26. The smallest absolute Gasteiger partial charge is 0.355 e. The minimum atomic E-state index is -4.50. The third-order valence-electron chi connectivity index (χ3n) is 4.71. The third kappa shape index (κ3) is 6.55. The van der Waals surface area contributed by atoms with E-state index in [1.165, 1.54) is 0 Å². The minimum Gasteiger partial charge on any atom is -0.355 e. The van der Waals surface area contributed by atoms with Gasteiger partial charge in [0.05, 0.1) is 17.7 Å². The number of nitrogens with zero attached hydrogens (tertiary/aromatic N) is 4. The summed E-state index contributed by atoms with van der Waals surface area (Å²) in [4.78, 5) is 22.5. The molecule has 0 radical (unpaired) electrons. The van der Waals surface area contributed by atoms with Gasteiger partial charge in [-0.2, -0.15) is 13.2 Å². The summed E-state index contributed by atoms with van der Waals surface area (Å²) in [5, 5.41) is 2.73. The van der Waals surface area contributed by atoms with E-state index in [0.717, 1.165) is 16.4 Å². The highest BCUT2D eigenvalue weighted by atomic mass is 35.5. The Bertz CT molecular complexity index is 1310. The third-order valence-corrected chi connectivity index (χ3v) is 5.92. The number of hydrogen-bond acceptors (Lipinski definition) is 6. The predicted molar refractivity (Wildman–Crippen MR) is 120 cm³/mol. The monoisotopic (exact) mass is 505 g/mol. The van der Waals surface area contributed by atoms with Crippen LogP contribution in [-0.4, -0.2) is 72.6 Å². The predicted octanol–water partition coefficient (Wildman–Crippen LogP) is 2.57. The number of benzene rings is 1. The molecule has 13 heteroatoms. The zero-order chi connectivity index (χ0) is 24.6. The molecule has 0 bridgehead atoms. The molecule has 0 saturated heterocycles. The summed E-state index contributed by atoms with van der Waals surface area (Å²) < 4.78 is 63.3. The second kappa shape index (κ2) is 9.43. The topological polar surface area (TPSA) is 97.2 Å². The maximum Gasteiger partial charge on any atom is 0.406 e. The summed E-state index contributed by atoms with van der Waals surface area (Å²) >= 11 is 6.28. The van der Waals surface area contributed by atoms with E-state index < -0.39 is 28.5 Å². The zero-order valence-electron chi connectivity index (χ0n) is 18.2. The number of rotatable bonds is 8. The largest absolute Gasteiger partial charge is 0.406 e. The summed E-state index contributed by atoms with van der Waals surface area (Å²) in [7, 11) is 0.501. The van der Waals surface area contributed by atoms with Gasteiger partial charge in [-0.1, -0.05) is 17.7 Å². The van der Waals surface area contributed by atoms with E-state index in [4.69, 9.17) is 11.6 Å². The van der Waals surface area contributed by atoms with Crippen molar-refractivity contribution in [3.63, 3.8) is 0 Å². The molecular weight excluding hydrogens is 483 g/mol. The molecule has 0 atom stereocenters. The van der Waals surface area contributed by atoms with Crippen molar-refractivity contribution in [1.82, 2.24) is 24.8 Å². The quantitative estimate of drug-likeness (QED) is 0.473. The molecule has 0 saturated carbocycles. The van der Waals surface area contributed by atoms with Crippen LogP contribution >= 0.6 is 11.6 Å². The van der Waals surface area contributed by atoms with Gasteiger partial charge in [0.1, 0.15) is 33.2 Å². The van der Waals surface area contributed by atoms with E-state index >= 15 is 0 Å². The number of sulfone groups is 1. The highest BCUT2D eigenvalue weighted by molar-refractivity contribution is 7.90. The first-order valence-corrected chi connectivity index (χ1v) is 12.3. The summed E-state index contributed by atoms with van der Waals surface area (Å²) in [6.07, 6.45) is -3.75. The molecule has 0 aliphatic carbocycles. The van der Waals surface area contributed by atoms with E-state index in [-0.39, 0.29) is 40.7 Å². The van der Waals surface area contributed by atoms with Gasteiger partial charge in [0.2, 0.25) is 5.91 Å². The van der Waals surface area contributed by atoms with Gasteiger partial charge in [0, 0.05) is 24.7 Å². The number of fused-ring (bicyclic) bond motifs is 3. The average Bonchev–Trinajstić information content (AvgIpc) is 2.92. The SMILES string of the molecule is CN(C)Cc1ccc2c(c1)c1nc(CC(=O)NCCS(C)(=O)=O)nc(Cl)c1n2CC(F)(F)F. The number of nitrogens with one attached hydrogen (secondary N) is 1. The Morgan fingerprint density at radius 2 is 1.94 bits per heavy atom. The molecule has 1 amide bonds. The Kier molecular flexibility index (Phi) is 7.20. The summed E-state index contributed by atoms with van der Waals surface area (Å²) in [5.41, 5.74) is 1.42. The van der Waals surface area contributed by atoms with E-state index in [1.54, 1.807) is 18.2 Å². The first-order chi connectivity index (χ1) is 15.2. The van der Waals surface area contributed by atoms with Crippen molar-refractivity contribution >= 4 is 49.3 Å². The molecule has 180 valence electrons. The molecule has 0 unspecified atom stereocenters. The molecule has 2 heterocycles. The Hall–Kier alpha value is -2.44. The fourth-order valence-electron chi connectivity index (χ4n) is 3.49. The molecule has 8 nitrogen and oxygen atoms in total. The molecule has 2 aromatic heterocycles. The van der Waals surface area contributed by atoms with Gasteiger partial charge in [-0.25, -0.2) is 18.4 Å². The Morgan fingerprint density at radius 3 is 2.55 bits per heavy atom. The molecule has 3 aromatic rings. The number of amides is 1. The fraction of sp³-hybridized carbons (Fsp3) is 0.450. The maximum atomic E-state index is 13.3. The van der Waals surface area contributed by atoms with Gasteiger partial charge in [-0.3, -0.25) is 4.79 Å². The van der Waals surface area contributed by atoms with Gasteiger partial charge in [-0.15, -0.1) is 0 Å². The number of aromatic nitrogens is 3. The molecule has 33 heavy (non-hydrogen) atoms. The van der Waals surface area contributed by atoms with Crippen LogP contribution < -0.4 is 5.32 Å². The van der Waals surface area contributed by atoms with Gasteiger partial charge >= 0.3 is 6.18 Å². The summed E-state index contributed by atoms with van der Waals surface area (Å²) in [5.74, 6) is -0.728. The van der Waals surface area contributed by atoms with Crippen LogP contribution in [0.5, 0.6) is 0 Å². The minimum absolute atomic E-state index is 0.0217. The van der Waals surface area contributed by atoms with Crippen molar-refractivity contribution < 1.29 is 26.4 Å². The van der Waals surface area contributed by atoms with Crippen LogP contribution in [0.1, 0.15) is 11.4 Å². The summed E-state index contributed by atoms with van der Waals surface area (Å²) in [6, 6.07) is 5.09. The van der Waals surface area contributed by atoms with Crippen LogP contribution in [0.15, 0.2) is 18.2 Å². The van der Waals surface area contributed by atoms with E-state index in [9.17, 15) is 26.4 Å². The zero-order valence-corrected chi connectivity index (χ0v) is 19.8. The molecule has 1 aromatic carbocycles. The van der Waals surface area contributed by atoms with Gasteiger partial charge in [-0.05, 0) is 31.8 Å². The lowest BCUT2D eigenvalue weighted by molar-refractivity contribution is -0.139. The number of carbonyl (C=O) groups is 1. The first-order valence-electron chi connectivity index (χ1n) is 9.86. The lowest BCUT2D eigenvalue weighted by Crippen LogP contribution is -2.30. The summed E-state index contributed by atoms with van der Waals surface area (Å²) in [6.45, 7) is -0.781. The molecule has 0 spiro atoms. The van der Waals surface area contributed by atoms with Crippen LogP contribution in [0.4, 0.5) is 13.2 Å². The van der Waals surface area contributed by atoms with Crippen LogP contribution in [-0.2, 0) is 34.1 Å². The highest BCUT2D eigenvalue weighted by Gasteiger charge is 2.31. The lowest BCUT2D eigenvalue weighted by Gasteiger charge is -2.12. The molecule has 3 rings (SSSR count). The standard InChI is InChI=1S/C20H23ClF3N5O3S/c1-28(2)10-12-4-5-14-13(8-12)17-18(29(14)11-20(22,23)24)19(21)27-15(26-17)9-16(30)25-6-7-33(3,31)32/h4-5,8H,6-7,9-11H2,1-3H3,(H,25,30). The first kappa shape index (κ1) is 25.2. The molecule has 0 aliphatic rings. The number of hydrogen-bond donors (Lipinski definition) is 1. The van der Waals surface area contributed by atoms with Crippen LogP contribution in [0.3, 0.4) is 0 Å². The van der Waals surface area contributed by atoms with Crippen LogP contribution in [0, 0.1) is 0 Å². The molecule has 0 aliphatic heterocycles.